The number of amides is 1. The molecule has 0 aliphatic heterocycles. The van der Waals surface area contributed by atoms with Crippen LogP contribution in [0.4, 0.5) is 5.13 Å². The van der Waals surface area contributed by atoms with Crippen molar-refractivity contribution in [1.82, 2.24) is 4.98 Å². The molecule has 1 fully saturated rings. The Morgan fingerprint density at radius 2 is 1.80 bits per heavy atom. The molecule has 5 nitrogen and oxygen atoms in total. The number of para-hydroxylation sites is 1. The van der Waals surface area contributed by atoms with E-state index in [-0.39, 0.29) is 5.91 Å². The fourth-order valence-electron chi connectivity index (χ4n) is 4.24. The molecule has 1 N–H and O–H groups in total. The molecule has 2 aromatic carbocycles. The molecule has 0 atom stereocenters. The van der Waals surface area contributed by atoms with Crippen molar-refractivity contribution in [3.63, 3.8) is 0 Å². The minimum atomic E-state index is -0.499. The van der Waals surface area contributed by atoms with Crippen LogP contribution >= 0.6 is 11.3 Å². The fraction of sp³-hybridized carbons (Fsp3) is 0.333. The van der Waals surface area contributed by atoms with Crippen molar-refractivity contribution in [3.8, 4) is 11.5 Å². The van der Waals surface area contributed by atoms with E-state index in [2.05, 4.69) is 10.3 Å². The van der Waals surface area contributed by atoms with Gasteiger partial charge < -0.3 is 14.8 Å². The summed E-state index contributed by atoms with van der Waals surface area (Å²) in [6.07, 6.45) is 6.37. The highest BCUT2D eigenvalue weighted by Crippen LogP contribution is 2.42. The molecule has 1 heterocycles. The van der Waals surface area contributed by atoms with Crippen LogP contribution in [0.1, 0.15) is 41.7 Å². The molecule has 156 valence electrons. The van der Waals surface area contributed by atoms with Crippen LogP contribution in [0, 0.1) is 0 Å². The summed E-state index contributed by atoms with van der Waals surface area (Å²) < 4.78 is 10.7. The Balaban J connectivity index is 1.51. The number of nitrogens with one attached hydrogen (secondary N) is 1. The van der Waals surface area contributed by atoms with Gasteiger partial charge >= 0.3 is 0 Å². The van der Waals surface area contributed by atoms with Gasteiger partial charge in [-0.2, -0.15) is 0 Å². The van der Waals surface area contributed by atoms with Crippen LogP contribution in [0.5, 0.6) is 11.5 Å². The van der Waals surface area contributed by atoms with Crippen molar-refractivity contribution in [2.24, 2.45) is 0 Å². The molecule has 0 saturated heterocycles. The van der Waals surface area contributed by atoms with Gasteiger partial charge in [-0.05, 0) is 42.2 Å². The number of aromatic nitrogens is 1. The fourth-order valence-corrected chi connectivity index (χ4v) is 5.07. The van der Waals surface area contributed by atoms with Gasteiger partial charge in [0.05, 0.1) is 19.6 Å². The van der Waals surface area contributed by atoms with Crippen molar-refractivity contribution < 1.29 is 14.3 Å². The second-order valence-electron chi connectivity index (χ2n) is 7.59. The van der Waals surface area contributed by atoms with Crippen LogP contribution in [-0.2, 0) is 16.6 Å². The van der Waals surface area contributed by atoms with E-state index in [1.165, 1.54) is 11.3 Å². The van der Waals surface area contributed by atoms with Gasteiger partial charge in [0.2, 0.25) is 5.91 Å². The highest BCUT2D eigenvalue weighted by atomic mass is 32.1. The summed E-state index contributed by atoms with van der Waals surface area (Å²) in [6, 6.07) is 15.8. The molecule has 30 heavy (non-hydrogen) atoms. The number of anilines is 1. The summed E-state index contributed by atoms with van der Waals surface area (Å²) in [4.78, 5) is 18.9. The van der Waals surface area contributed by atoms with Gasteiger partial charge in [-0.25, -0.2) is 4.98 Å². The van der Waals surface area contributed by atoms with E-state index in [9.17, 15) is 4.79 Å². The van der Waals surface area contributed by atoms with Crippen LogP contribution in [0.25, 0.3) is 0 Å². The van der Waals surface area contributed by atoms with E-state index in [0.29, 0.717) is 5.13 Å². The summed E-state index contributed by atoms with van der Waals surface area (Å²) in [5.41, 5.74) is 1.65. The number of rotatable bonds is 7. The molecule has 0 unspecified atom stereocenters. The van der Waals surface area contributed by atoms with Gasteiger partial charge in [-0.1, -0.05) is 43.2 Å². The van der Waals surface area contributed by atoms with E-state index in [1.807, 2.05) is 54.7 Å². The first-order valence-corrected chi connectivity index (χ1v) is 11.0. The highest BCUT2D eigenvalue weighted by Gasteiger charge is 2.43. The molecule has 1 aliphatic rings. The molecule has 3 aromatic rings. The van der Waals surface area contributed by atoms with Crippen molar-refractivity contribution in [3.05, 3.63) is 70.7 Å². The van der Waals surface area contributed by atoms with Gasteiger partial charge in [0.1, 0.15) is 11.5 Å². The quantitative estimate of drug-likeness (QED) is 0.568. The Morgan fingerprint density at radius 1 is 1.07 bits per heavy atom. The third kappa shape index (κ3) is 4.05. The maximum absolute atomic E-state index is 13.4. The van der Waals surface area contributed by atoms with Crippen molar-refractivity contribution in [1.29, 1.82) is 0 Å². The van der Waals surface area contributed by atoms with Gasteiger partial charge in [-0.3, -0.25) is 4.79 Å². The monoisotopic (exact) mass is 422 g/mol. The van der Waals surface area contributed by atoms with Crippen molar-refractivity contribution in [2.75, 3.05) is 19.5 Å². The minimum Gasteiger partial charge on any atom is -0.497 e. The van der Waals surface area contributed by atoms with Gasteiger partial charge in [0.15, 0.2) is 5.13 Å². The molecule has 0 bridgehead atoms. The second-order valence-corrected chi connectivity index (χ2v) is 8.71. The zero-order valence-electron chi connectivity index (χ0n) is 17.3. The molecule has 1 aromatic heterocycles. The van der Waals surface area contributed by atoms with Crippen LogP contribution in [0.3, 0.4) is 0 Å². The first-order chi connectivity index (χ1) is 14.6. The third-order valence-electron chi connectivity index (χ3n) is 5.87. The van der Waals surface area contributed by atoms with Crippen LogP contribution < -0.4 is 14.8 Å². The van der Waals surface area contributed by atoms with Crippen LogP contribution in [-0.4, -0.2) is 25.1 Å². The maximum Gasteiger partial charge on any atom is 0.236 e. The van der Waals surface area contributed by atoms with Gasteiger partial charge in [-0.15, -0.1) is 11.3 Å². The summed E-state index contributed by atoms with van der Waals surface area (Å²) in [5, 5.41) is 3.74. The highest BCUT2D eigenvalue weighted by molar-refractivity contribution is 7.15. The van der Waals surface area contributed by atoms with Crippen molar-refractivity contribution >= 4 is 22.4 Å². The summed E-state index contributed by atoms with van der Waals surface area (Å²) >= 11 is 1.52. The second kappa shape index (κ2) is 8.88. The predicted molar refractivity (Wildman–Crippen MR) is 120 cm³/mol. The summed E-state index contributed by atoms with van der Waals surface area (Å²) in [7, 11) is 3.33. The topological polar surface area (TPSA) is 60.5 Å². The van der Waals surface area contributed by atoms with E-state index >= 15 is 0 Å². The molecular weight excluding hydrogens is 396 g/mol. The van der Waals surface area contributed by atoms with E-state index in [4.69, 9.17) is 9.47 Å². The molecule has 6 heteroatoms. The average molecular weight is 423 g/mol. The summed E-state index contributed by atoms with van der Waals surface area (Å²) in [6.45, 7) is 0. The number of thiazole rings is 1. The Bertz CT molecular complexity index is 1010. The smallest absolute Gasteiger partial charge is 0.236 e. The Morgan fingerprint density at radius 3 is 2.50 bits per heavy atom. The molecule has 0 radical (unpaired) electrons. The number of benzene rings is 2. The Hall–Kier alpha value is -2.86. The number of carbonyl (C=O) groups is 1. The number of hydrogen-bond donors (Lipinski definition) is 1. The lowest BCUT2D eigenvalue weighted by Gasteiger charge is -2.28. The zero-order valence-corrected chi connectivity index (χ0v) is 18.1. The SMILES string of the molecule is COc1ccc(C2(C(=O)Nc3ncc(Cc4ccccc4OC)s3)CCCC2)cc1. The van der Waals surface area contributed by atoms with E-state index in [0.717, 1.165) is 59.6 Å². The molecule has 0 spiro atoms. The predicted octanol–water partition coefficient (Wildman–Crippen LogP) is 5.20. The van der Waals surface area contributed by atoms with Gasteiger partial charge in [0, 0.05) is 17.5 Å². The van der Waals surface area contributed by atoms with E-state index in [1.54, 1.807) is 14.2 Å². The first kappa shape index (κ1) is 20.4. The van der Waals surface area contributed by atoms with Crippen LogP contribution in [0.15, 0.2) is 54.7 Å². The largest absolute Gasteiger partial charge is 0.497 e. The zero-order chi connectivity index (χ0) is 21.0. The minimum absolute atomic E-state index is 0.0309. The standard InChI is InChI=1S/C24H26N2O3S/c1-28-19-11-9-18(10-12-19)24(13-5-6-14-24)22(27)26-23-25-16-20(30-23)15-17-7-3-4-8-21(17)29-2/h3-4,7-12,16H,5-6,13-15H2,1-2H3,(H,25,26,27). The van der Waals surface area contributed by atoms with Crippen LogP contribution in [0.2, 0.25) is 0 Å². The molecular formula is C24H26N2O3S. The number of nitrogens with zero attached hydrogens (tertiary/aromatic N) is 1. The lowest BCUT2D eigenvalue weighted by molar-refractivity contribution is -0.121. The van der Waals surface area contributed by atoms with Crippen molar-refractivity contribution in [2.45, 2.75) is 37.5 Å². The lowest BCUT2D eigenvalue weighted by Crippen LogP contribution is -2.37. The molecule has 1 aliphatic carbocycles. The molecule has 1 amide bonds. The normalized spacial score (nSPS) is 15.0. The summed E-state index contributed by atoms with van der Waals surface area (Å²) in [5.74, 6) is 1.69. The number of methoxy groups -OCH3 is 2. The first-order valence-electron chi connectivity index (χ1n) is 10.2. The maximum atomic E-state index is 13.4. The number of carbonyl (C=O) groups excluding carboxylic acids is 1. The third-order valence-corrected chi connectivity index (χ3v) is 6.78. The van der Waals surface area contributed by atoms with E-state index < -0.39 is 5.41 Å². The molecule has 1 saturated carbocycles. The number of ether oxygens (including phenoxy) is 2. The Labute approximate surface area is 181 Å². The van der Waals surface area contributed by atoms with Gasteiger partial charge in [0.25, 0.3) is 0 Å². The molecule has 4 rings (SSSR count). The Kier molecular flexibility index (Phi) is 6.04. The average Bonchev–Trinajstić information content (AvgIpc) is 3.45. The number of hydrogen-bond acceptors (Lipinski definition) is 5. The lowest BCUT2D eigenvalue weighted by atomic mass is 9.78.